The van der Waals surface area contributed by atoms with Crippen LogP contribution in [-0.2, 0) is 17.8 Å². The maximum atomic E-state index is 13.3. The molecule has 3 aromatic heterocycles. The van der Waals surface area contributed by atoms with E-state index >= 15 is 0 Å². The molecule has 1 saturated heterocycles. The Morgan fingerprint density at radius 1 is 1.12 bits per heavy atom. The fourth-order valence-electron chi connectivity index (χ4n) is 4.20. The van der Waals surface area contributed by atoms with Crippen LogP contribution in [0.25, 0.3) is 16.4 Å². The molecule has 1 aliphatic heterocycles. The van der Waals surface area contributed by atoms with Crippen molar-refractivity contribution in [2.75, 3.05) is 26.2 Å². The zero-order chi connectivity index (χ0) is 23.7. The molecule has 4 aromatic rings. The van der Waals surface area contributed by atoms with Gasteiger partial charge in [-0.05, 0) is 49.6 Å². The third-order valence-electron chi connectivity index (χ3n) is 6.13. The first kappa shape index (κ1) is 22.4. The Bertz CT molecular complexity index is 1270. The normalized spacial score (nSPS) is 14.6. The number of nitrogens with zero attached hydrogens (tertiary/aromatic N) is 6. The fraction of sp³-hybridized carbons (Fsp3) is 0.333. The van der Waals surface area contributed by atoms with Crippen LogP contribution < -0.4 is 0 Å². The van der Waals surface area contributed by atoms with Gasteiger partial charge in [-0.2, -0.15) is 10.1 Å². The van der Waals surface area contributed by atoms with E-state index in [1.165, 1.54) is 12.1 Å². The Morgan fingerprint density at radius 3 is 2.59 bits per heavy atom. The minimum absolute atomic E-state index is 0.0854. The van der Waals surface area contributed by atoms with Crippen LogP contribution in [0.15, 0.2) is 46.3 Å². The van der Waals surface area contributed by atoms with E-state index in [4.69, 9.17) is 4.52 Å². The van der Waals surface area contributed by atoms with E-state index in [9.17, 15) is 9.18 Å². The highest BCUT2D eigenvalue weighted by Crippen LogP contribution is 2.22. The fourth-order valence-corrected chi connectivity index (χ4v) is 4.85. The van der Waals surface area contributed by atoms with Gasteiger partial charge in [0.1, 0.15) is 5.82 Å². The van der Waals surface area contributed by atoms with Crippen molar-refractivity contribution in [1.29, 1.82) is 0 Å². The monoisotopic (exact) mass is 480 g/mol. The number of amides is 1. The molecule has 0 unspecified atom stereocenters. The van der Waals surface area contributed by atoms with Crippen LogP contribution >= 0.6 is 11.3 Å². The Kier molecular flexibility index (Phi) is 6.25. The van der Waals surface area contributed by atoms with Gasteiger partial charge in [-0.1, -0.05) is 11.2 Å². The Labute approximate surface area is 200 Å². The molecule has 1 aromatic carbocycles. The summed E-state index contributed by atoms with van der Waals surface area (Å²) >= 11 is 1.58. The lowest BCUT2D eigenvalue weighted by Gasteiger charge is -2.34. The third kappa shape index (κ3) is 4.64. The maximum absolute atomic E-state index is 13.3. The molecule has 0 bridgehead atoms. The van der Waals surface area contributed by atoms with Gasteiger partial charge in [0.25, 0.3) is 0 Å². The van der Waals surface area contributed by atoms with Crippen molar-refractivity contribution in [3.63, 3.8) is 0 Å². The average Bonchev–Trinajstić information content (AvgIpc) is 3.58. The van der Waals surface area contributed by atoms with E-state index < -0.39 is 0 Å². The molecule has 4 heterocycles. The number of benzene rings is 1. The van der Waals surface area contributed by atoms with Crippen molar-refractivity contribution in [2.45, 2.75) is 26.8 Å². The lowest BCUT2D eigenvalue weighted by molar-refractivity contribution is -0.132. The Hall–Kier alpha value is -3.37. The number of halogens is 1. The van der Waals surface area contributed by atoms with Crippen LogP contribution in [0.1, 0.15) is 22.8 Å². The zero-order valence-electron chi connectivity index (χ0n) is 19.1. The van der Waals surface area contributed by atoms with Gasteiger partial charge >= 0.3 is 0 Å². The van der Waals surface area contributed by atoms with E-state index in [1.54, 1.807) is 28.2 Å². The molecule has 1 aliphatic rings. The minimum Gasteiger partial charge on any atom is -0.340 e. The molecule has 1 fully saturated rings. The molecule has 5 rings (SSSR count). The lowest BCUT2D eigenvalue weighted by atomic mass is 10.1. The summed E-state index contributed by atoms with van der Waals surface area (Å²) in [5.74, 6) is 0.998. The molecule has 0 aliphatic carbocycles. The molecule has 0 spiro atoms. The molecular formula is C24H25FN6O2S. The minimum atomic E-state index is -0.290. The molecule has 8 nitrogen and oxygen atoms in total. The van der Waals surface area contributed by atoms with Gasteiger partial charge in [-0.15, -0.1) is 11.3 Å². The molecule has 1 amide bonds. The van der Waals surface area contributed by atoms with Crippen molar-refractivity contribution < 1.29 is 13.7 Å². The van der Waals surface area contributed by atoms with Crippen molar-refractivity contribution >= 4 is 17.2 Å². The summed E-state index contributed by atoms with van der Waals surface area (Å²) in [5, 5.41) is 10.6. The van der Waals surface area contributed by atoms with Gasteiger partial charge in [0.15, 0.2) is 0 Å². The summed E-state index contributed by atoms with van der Waals surface area (Å²) in [7, 11) is 0. The number of aryl methyl sites for hydroxylation is 1. The summed E-state index contributed by atoms with van der Waals surface area (Å²) in [6.45, 7) is 7.21. The van der Waals surface area contributed by atoms with Gasteiger partial charge < -0.3 is 9.42 Å². The van der Waals surface area contributed by atoms with Gasteiger partial charge in [-0.25, -0.2) is 9.07 Å². The molecule has 0 radical (unpaired) electrons. The summed E-state index contributed by atoms with van der Waals surface area (Å²) in [5.41, 5.74) is 3.40. The predicted octanol–water partition coefficient (Wildman–Crippen LogP) is 3.63. The smallest absolute Gasteiger partial charge is 0.241 e. The Balaban J connectivity index is 1.18. The molecule has 0 saturated carbocycles. The number of rotatable bonds is 6. The lowest BCUT2D eigenvalue weighted by Crippen LogP contribution is -2.48. The summed E-state index contributed by atoms with van der Waals surface area (Å²) in [4.78, 5) is 22.6. The third-order valence-corrected chi connectivity index (χ3v) is 7.00. The molecule has 176 valence electrons. The van der Waals surface area contributed by atoms with Crippen molar-refractivity contribution in [2.24, 2.45) is 0 Å². The molecule has 10 heteroatoms. The van der Waals surface area contributed by atoms with Crippen molar-refractivity contribution in [3.8, 4) is 16.4 Å². The number of hydrogen-bond acceptors (Lipinski definition) is 7. The first-order valence-corrected chi connectivity index (χ1v) is 12.0. The number of piperazine rings is 1. The quantitative estimate of drug-likeness (QED) is 0.419. The van der Waals surface area contributed by atoms with E-state index in [-0.39, 0.29) is 11.7 Å². The van der Waals surface area contributed by atoms with Crippen LogP contribution in [0.2, 0.25) is 0 Å². The van der Waals surface area contributed by atoms with Gasteiger partial charge in [0.2, 0.25) is 17.6 Å². The first-order valence-electron chi connectivity index (χ1n) is 11.2. The van der Waals surface area contributed by atoms with E-state index in [0.29, 0.717) is 37.8 Å². The predicted molar refractivity (Wildman–Crippen MR) is 126 cm³/mol. The standard InChI is InChI=1S/C24H25FN6O2S/c1-16-20(17(2)31(27-16)19-7-5-18(25)6-8-19)14-23(32)30-11-9-29(10-12-30)15-22-26-24(28-33-22)21-4-3-13-34-21/h3-8,13H,9-12,14-15H2,1-2H3. The number of carbonyl (C=O) groups is 1. The topological polar surface area (TPSA) is 80.3 Å². The van der Waals surface area contributed by atoms with E-state index in [2.05, 4.69) is 20.1 Å². The average molecular weight is 481 g/mol. The van der Waals surface area contributed by atoms with Crippen LogP contribution in [-0.4, -0.2) is 61.8 Å². The Morgan fingerprint density at radius 2 is 1.88 bits per heavy atom. The summed E-state index contributed by atoms with van der Waals surface area (Å²) in [6.07, 6.45) is 0.298. The SMILES string of the molecule is Cc1nn(-c2ccc(F)cc2)c(C)c1CC(=O)N1CCN(Cc2nc(-c3cccs3)no2)CC1. The highest BCUT2D eigenvalue weighted by atomic mass is 32.1. The zero-order valence-corrected chi connectivity index (χ0v) is 19.9. The van der Waals surface area contributed by atoms with Crippen LogP contribution in [0.3, 0.4) is 0 Å². The highest BCUT2D eigenvalue weighted by Gasteiger charge is 2.25. The summed E-state index contributed by atoms with van der Waals surface area (Å²) < 4.78 is 20.5. The largest absolute Gasteiger partial charge is 0.340 e. The number of aromatic nitrogens is 4. The van der Waals surface area contributed by atoms with Crippen molar-refractivity contribution in [1.82, 2.24) is 29.7 Å². The second kappa shape index (κ2) is 9.47. The second-order valence-electron chi connectivity index (χ2n) is 8.36. The first-order chi connectivity index (χ1) is 16.5. The molecule has 34 heavy (non-hydrogen) atoms. The van der Waals surface area contributed by atoms with Gasteiger partial charge in [0.05, 0.1) is 29.2 Å². The molecule has 0 atom stereocenters. The summed E-state index contributed by atoms with van der Waals surface area (Å²) in [6, 6.07) is 10.1. The number of thiophene rings is 1. The van der Waals surface area contributed by atoms with Crippen LogP contribution in [0.4, 0.5) is 4.39 Å². The van der Waals surface area contributed by atoms with Crippen LogP contribution in [0, 0.1) is 19.7 Å². The maximum Gasteiger partial charge on any atom is 0.241 e. The number of hydrogen-bond donors (Lipinski definition) is 0. The molecular weight excluding hydrogens is 455 g/mol. The van der Waals surface area contributed by atoms with Crippen LogP contribution in [0.5, 0.6) is 0 Å². The van der Waals surface area contributed by atoms with Gasteiger partial charge in [-0.3, -0.25) is 9.69 Å². The number of carbonyl (C=O) groups excluding carboxylic acids is 1. The highest BCUT2D eigenvalue weighted by molar-refractivity contribution is 7.13. The van der Waals surface area contributed by atoms with E-state index in [0.717, 1.165) is 40.6 Å². The second-order valence-corrected chi connectivity index (χ2v) is 9.31. The van der Waals surface area contributed by atoms with Gasteiger partial charge in [0, 0.05) is 37.4 Å². The molecule has 0 N–H and O–H groups in total. The van der Waals surface area contributed by atoms with E-state index in [1.807, 2.05) is 36.3 Å². The van der Waals surface area contributed by atoms with Crippen molar-refractivity contribution in [3.05, 3.63) is 70.4 Å².